The van der Waals surface area contributed by atoms with Crippen molar-refractivity contribution in [3.8, 4) is 0 Å². The first-order chi connectivity index (χ1) is 13.8. The molecule has 2 rings (SSSR count). The molecule has 0 spiro atoms. The van der Waals surface area contributed by atoms with Gasteiger partial charge in [0.25, 0.3) is 0 Å². The van der Waals surface area contributed by atoms with Gasteiger partial charge in [-0.3, -0.25) is 0 Å². The van der Waals surface area contributed by atoms with Gasteiger partial charge in [-0.2, -0.15) is 0 Å². The van der Waals surface area contributed by atoms with E-state index in [0.717, 1.165) is 23.2 Å². The van der Waals surface area contributed by atoms with Crippen LogP contribution in [0.4, 0.5) is 0 Å². The molecule has 2 N–H and O–H groups in total. The van der Waals surface area contributed by atoms with Gasteiger partial charge in [0.2, 0.25) is 0 Å². The zero-order valence-corrected chi connectivity index (χ0v) is 21.3. The predicted octanol–water partition coefficient (Wildman–Crippen LogP) is 3.94. The summed E-state index contributed by atoms with van der Waals surface area (Å²) >= 11 is 5.87. The molecule has 2 aromatic rings. The van der Waals surface area contributed by atoms with E-state index >= 15 is 0 Å². The number of rotatable bonds is 9. The number of nitrogens with zero attached hydrogens (tertiary/aromatic N) is 1. The quantitative estimate of drug-likeness (QED) is 0.208. The number of guanidine groups is 1. The van der Waals surface area contributed by atoms with Crippen LogP contribution in [0.5, 0.6) is 0 Å². The summed E-state index contributed by atoms with van der Waals surface area (Å²) in [5.74, 6) is 0.687. The Morgan fingerprint density at radius 1 is 1.10 bits per heavy atom. The Hall–Kier alpha value is -1.36. The summed E-state index contributed by atoms with van der Waals surface area (Å²) in [6, 6.07) is 12.9. The van der Waals surface area contributed by atoms with Crippen molar-refractivity contribution in [1.82, 2.24) is 10.6 Å². The summed E-state index contributed by atoms with van der Waals surface area (Å²) in [6.45, 7) is 6.67. The predicted molar refractivity (Wildman–Crippen MR) is 134 cm³/mol. The van der Waals surface area contributed by atoms with E-state index in [1.807, 2.05) is 37.3 Å². The largest absolute Gasteiger partial charge is 0.375 e. The maximum absolute atomic E-state index is 11.7. The summed E-state index contributed by atoms with van der Waals surface area (Å²) in [4.78, 5) is 4.91. The Morgan fingerprint density at radius 3 is 2.37 bits per heavy atom. The molecule has 0 aliphatic rings. The maximum atomic E-state index is 11.7. The van der Waals surface area contributed by atoms with Crippen molar-refractivity contribution in [2.45, 2.75) is 31.9 Å². The fraction of sp³-hybridized carbons (Fsp3) is 0.381. The van der Waals surface area contributed by atoms with Gasteiger partial charge >= 0.3 is 0 Å². The number of ether oxygens (including phenoxy) is 1. The molecular weight excluding hydrogens is 537 g/mol. The second-order valence-corrected chi connectivity index (χ2v) is 9.09. The summed E-state index contributed by atoms with van der Waals surface area (Å²) < 4.78 is 29.1. The minimum atomic E-state index is -3.21. The van der Waals surface area contributed by atoms with Crippen LogP contribution in [0.15, 0.2) is 52.4 Å². The third-order valence-electron chi connectivity index (χ3n) is 4.12. The Kier molecular flexibility index (Phi) is 11.7. The van der Waals surface area contributed by atoms with E-state index in [0.29, 0.717) is 42.2 Å². The molecule has 0 saturated heterocycles. The lowest BCUT2D eigenvalue weighted by Gasteiger charge is -2.12. The molecule has 30 heavy (non-hydrogen) atoms. The Balaban J connectivity index is 0.00000450. The zero-order chi connectivity index (χ0) is 21.3. The number of aryl methyl sites for hydroxylation is 1. The van der Waals surface area contributed by atoms with Crippen molar-refractivity contribution in [1.29, 1.82) is 0 Å². The molecule has 0 saturated carbocycles. The highest BCUT2D eigenvalue weighted by Crippen LogP contribution is 2.17. The fourth-order valence-electron chi connectivity index (χ4n) is 2.75. The smallest absolute Gasteiger partial charge is 0.191 e. The third-order valence-corrected chi connectivity index (χ3v) is 5.63. The highest BCUT2D eigenvalue weighted by atomic mass is 127. The monoisotopic (exact) mass is 565 g/mol. The average molecular weight is 566 g/mol. The van der Waals surface area contributed by atoms with Gasteiger partial charge in [-0.25, -0.2) is 13.4 Å². The first-order valence-corrected chi connectivity index (χ1v) is 11.7. The number of hydrogen-bond acceptors (Lipinski definition) is 4. The first-order valence-electron chi connectivity index (χ1n) is 9.43. The highest BCUT2D eigenvalue weighted by molar-refractivity contribution is 14.0. The molecule has 0 bridgehead atoms. The lowest BCUT2D eigenvalue weighted by molar-refractivity contribution is 0.125. The van der Waals surface area contributed by atoms with Gasteiger partial charge < -0.3 is 15.4 Å². The Morgan fingerprint density at radius 2 is 1.77 bits per heavy atom. The number of sulfone groups is 1. The normalized spacial score (nSPS) is 11.7. The summed E-state index contributed by atoms with van der Waals surface area (Å²) in [5, 5.41) is 7.14. The van der Waals surface area contributed by atoms with Crippen LogP contribution >= 0.6 is 35.6 Å². The van der Waals surface area contributed by atoms with Crippen molar-refractivity contribution in [2.24, 2.45) is 4.99 Å². The van der Waals surface area contributed by atoms with Gasteiger partial charge in [0.05, 0.1) is 24.7 Å². The van der Waals surface area contributed by atoms with Crippen LogP contribution in [0.3, 0.4) is 0 Å². The van der Waals surface area contributed by atoms with Gasteiger partial charge in [0.1, 0.15) is 0 Å². The van der Waals surface area contributed by atoms with Gasteiger partial charge in [0, 0.05) is 24.4 Å². The fourth-order valence-corrected chi connectivity index (χ4v) is 3.84. The second-order valence-electron chi connectivity index (χ2n) is 6.67. The average Bonchev–Trinajstić information content (AvgIpc) is 2.66. The van der Waals surface area contributed by atoms with E-state index in [4.69, 9.17) is 16.3 Å². The molecule has 0 heterocycles. The van der Waals surface area contributed by atoms with E-state index in [9.17, 15) is 8.42 Å². The minimum absolute atomic E-state index is 0. The molecular formula is C21H29ClIN3O3S. The molecule has 0 aromatic heterocycles. The van der Waals surface area contributed by atoms with E-state index in [1.165, 1.54) is 6.26 Å². The van der Waals surface area contributed by atoms with Gasteiger partial charge in [-0.15, -0.1) is 24.0 Å². The van der Waals surface area contributed by atoms with Crippen molar-refractivity contribution >= 4 is 51.4 Å². The van der Waals surface area contributed by atoms with Crippen LogP contribution in [0, 0.1) is 6.92 Å². The number of aliphatic imine (C=N–C) groups is 1. The molecule has 2 aromatic carbocycles. The highest BCUT2D eigenvalue weighted by Gasteiger charge is 2.10. The van der Waals surface area contributed by atoms with Crippen molar-refractivity contribution in [3.63, 3.8) is 0 Å². The molecule has 0 amide bonds. The zero-order valence-electron chi connectivity index (χ0n) is 17.4. The standard InChI is InChI=1S/C21H28ClN3O3S.HI/c1-4-23-21(24-11-12-28-15-17-5-8-19(22)9-6-17)25-14-18-7-10-20(16(2)13-18)29(3,26)27;/h5-10,13H,4,11-12,14-15H2,1-3H3,(H2,23,24,25);1H. The molecule has 0 aliphatic heterocycles. The molecule has 0 unspecified atom stereocenters. The lowest BCUT2D eigenvalue weighted by atomic mass is 10.1. The van der Waals surface area contributed by atoms with Crippen LogP contribution in [-0.4, -0.2) is 40.3 Å². The number of hydrogen-bond donors (Lipinski definition) is 2. The van der Waals surface area contributed by atoms with Crippen molar-refractivity contribution < 1.29 is 13.2 Å². The van der Waals surface area contributed by atoms with Crippen LogP contribution < -0.4 is 10.6 Å². The van der Waals surface area contributed by atoms with Crippen molar-refractivity contribution in [2.75, 3.05) is 26.0 Å². The van der Waals surface area contributed by atoms with E-state index in [-0.39, 0.29) is 24.0 Å². The van der Waals surface area contributed by atoms with Gasteiger partial charge in [0.15, 0.2) is 15.8 Å². The summed E-state index contributed by atoms with van der Waals surface area (Å²) in [6.07, 6.45) is 1.22. The van der Waals surface area contributed by atoms with Crippen LogP contribution in [0.25, 0.3) is 0 Å². The SMILES string of the molecule is CCNC(=NCc1ccc(S(C)(=O)=O)c(C)c1)NCCOCc1ccc(Cl)cc1.I. The molecule has 166 valence electrons. The van der Waals surface area contributed by atoms with Crippen LogP contribution in [-0.2, 0) is 27.7 Å². The van der Waals surface area contributed by atoms with Crippen LogP contribution in [0.1, 0.15) is 23.6 Å². The first kappa shape index (κ1) is 26.7. The second kappa shape index (κ2) is 13.1. The maximum Gasteiger partial charge on any atom is 0.191 e. The van der Waals surface area contributed by atoms with E-state index < -0.39 is 9.84 Å². The summed E-state index contributed by atoms with van der Waals surface area (Å²) in [7, 11) is -3.21. The molecule has 9 heteroatoms. The molecule has 0 atom stereocenters. The van der Waals surface area contributed by atoms with E-state index in [1.54, 1.807) is 19.1 Å². The Bertz CT molecular complexity index is 935. The topological polar surface area (TPSA) is 79.8 Å². The van der Waals surface area contributed by atoms with Crippen molar-refractivity contribution in [3.05, 3.63) is 64.2 Å². The molecule has 0 radical (unpaired) electrons. The third kappa shape index (κ3) is 9.20. The summed E-state index contributed by atoms with van der Waals surface area (Å²) in [5.41, 5.74) is 2.75. The number of benzene rings is 2. The van der Waals surface area contributed by atoms with Crippen LogP contribution in [0.2, 0.25) is 5.02 Å². The molecule has 6 nitrogen and oxygen atoms in total. The Labute approximate surface area is 201 Å². The molecule has 0 fully saturated rings. The molecule has 0 aliphatic carbocycles. The van der Waals surface area contributed by atoms with E-state index in [2.05, 4.69) is 15.6 Å². The van der Waals surface area contributed by atoms with Gasteiger partial charge in [-0.05, 0) is 48.7 Å². The lowest BCUT2D eigenvalue weighted by Crippen LogP contribution is -2.38. The number of halogens is 2. The number of nitrogens with one attached hydrogen (secondary N) is 2. The van der Waals surface area contributed by atoms with Gasteiger partial charge in [-0.1, -0.05) is 35.9 Å². The minimum Gasteiger partial charge on any atom is -0.375 e.